The third-order valence-corrected chi connectivity index (χ3v) is 6.10. The van der Waals surface area contributed by atoms with Gasteiger partial charge in [-0.25, -0.2) is 13.8 Å². The molecule has 1 aliphatic heterocycles. The minimum atomic E-state index is -2.60. The number of fused-ring (bicyclic) bond motifs is 3. The highest BCUT2D eigenvalue weighted by molar-refractivity contribution is 5.83. The van der Waals surface area contributed by atoms with Crippen molar-refractivity contribution in [2.24, 2.45) is 5.92 Å². The Morgan fingerprint density at radius 3 is 2.69 bits per heavy atom. The quantitative estimate of drug-likeness (QED) is 0.809. The molecular formula is C20H21F2N3O. The number of hydrogen-bond donors (Lipinski definition) is 0. The Balaban J connectivity index is 1.41. The average Bonchev–Trinajstić information content (AvgIpc) is 3.29. The number of pyridine rings is 1. The van der Waals surface area contributed by atoms with Crippen molar-refractivity contribution in [3.05, 3.63) is 36.0 Å². The monoisotopic (exact) mass is 357 g/mol. The first-order chi connectivity index (χ1) is 12.5. The molecule has 0 bridgehead atoms. The van der Waals surface area contributed by atoms with Crippen molar-refractivity contribution in [1.82, 2.24) is 14.5 Å². The van der Waals surface area contributed by atoms with E-state index in [4.69, 9.17) is 4.98 Å². The fourth-order valence-electron chi connectivity index (χ4n) is 4.38. The van der Waals surface area contributed by atoms with Crippen molar-refractivity contribution in [1.29, 1.82) is 0 Å². The van der Waals surface area contributed by atoms with Gasteiger partial charge < -0.3 is 4.57 Å². The van der Waals surface area contributed by atoms with E-state index in [1.165, 1.54) is 12.8 Å². The van der Waals surface area contributed by atoms with Gasteiger partial charge in [0.1, 0.15) is 5.78 Å². The lowest BCUT2D eigenvalue weighted by molar-refractivity contribution is -0.127. The predicted octanol–water partition coefficient (Wildman–Crippen LogP) is 4.51. The van der Waals surface area contributed by atoms with E-state index in [1.54, 1.807) is 6.33 Å². The van der Waals surface area contributed by atoms with Crippen molar-refractivity contribution in [2.75, 3.05) is 0 Å². The van der Waals surface area contributed by atoms with Crippen LogP contribution in [-0.4, -0.2) is 26.2 Å². The molecule has 2 aliphatic carbocycles. The largest absolute Gasteiger partial charge is 0.321 e. The highest BCUT2D eigenvalue weighted by Gasteiger charge is 2.39. The molecular weight excluding hydrogens is 336 g/mol. The Morgan fingerprint density at radius 2 is 1.96 bits per heavy atom. The van der Waals surface area contributed by atoms with E-state index in [0.717, 1.165) is 22.6 Å². The maximum Gasteiger partial charge on any atom is 0.248 e. The number of Topliss-reactive ketones (excluding diaryl/α,β-unsaturated/α-hetero) is 1. The van der Waals surface area contributed by atoms with Crippen LogP contribution < -0.4 is 0 Å². The molecule has 5 rings (SSSR count). The van der Waals surface area contributed by atoms with Gasteiger partial charge in [0, 0.05) is 42.4 Å². The van der Waals surface area contributed by atoms with Gasteiger partial charge in [-0.2, -0.15) is 0 Å². The molecule has 4 nitrogen and oxygen atoms in total. The topological polar surface area (TPSA) is 47.8 Å². The van der Waals surface area contributed by atoms with E-state index < -0.39 is 5.92 Å². The maximum atomic E-state index is 13.4. The summed E-state index contributed by atoms with van der Waals surface area (Å²) in [6.45, 7) is 0. The summed E-state index contributed by atoms with van der Waals surface area (Å²) in [7, 11) is 0. The van der Waals surface area contributed by atoms with Gasteiger partial charge in [-0.15, -0.1) is 0 Å². The number of rotatable bonds is 4. The molecule has 0 saturated heterocycles. The average molecular weight is 357 g/mol. The zero-order valence-electron chi connectivity index (χ0n) is 14.5. The lowest BCUT2D eigenvalue weighted by Gasteiger charge is -2.28. The number of alkyl halides is 2. The molecule has 0 amide bonds. The van der Waals surface area contributed by atoms with E-state index in [2.05, 4.69) is 17.1 Å². The summed E-state index contributed by atoms with van der Waals surface area (Å²) in [4.78, 5) is 21.9. The third-order valence-electron chi connectivity index (χ3n) is 6.10. The first kappa shape index (κ1) is 16.1. The number of carbonyl (C=O) groups is 1. The van der Waals surface area contributed by atoms with E-state index in [0.29, 0.717) is 12.3 Å². The SMILES string of the molecule is O=C(CC1c2nc(C3CC3)ccc2-c2cncn21)C1CCC(F)(F)CC1. The molecule has 1 atom stereocenters. The van der Waals surface area contributed by atoms with Crippen LogP contribution in [0.25, 0.3) is 11.3 Å². The molecule has 6 heteroatoms. The van der Waals surface area contributed by atoms with Crippen molar-refractivity contribution in [3.8, 4) is 11.3 Å². The molecule has 2 aromatic rings. The Labute approximate surface area is 150 Å². The molecule has 2 saturated carbocycles. The van der Waals surface area contributed by atoms with Crippen molar-refractivity contribution >= 4 is 5.78 Å². The van der Waals surface area contributed by atoms with Gasteiger partial charge >= 0.3 is 0 Å². The molecule has 3 heterocycles. The van der Waals surface area contributed by atoms with E-state index >= 15 is 0 Å². The smallest absolute Gasteiger partial charge is 0.248 e. The molecule has 2 aromatic heterocycles. The second-order valence-corrected chi connectivity index (χ2v) is 7.95. The van der Waals surface area contributed by atoms with Crippen LogP contribution in [0.1, 0.15) is 68.3 Å². The second-order valence-electron chi connectivity index (χ2n) is 7.95. The van der Waals surface area contributed by atoms with Crippen LogP contribution in [0.2, 0.25) is 0 Å². The van der Waals surface area contributed by atoms with Crippen LogP contribution in [0.15, 0.2) is 24.7 Å². The van der Waals surface area contributed by atoms with Crippen LogP contribution in [0, 0.1) is 5.92 Å². The highest BCUT2D eigenvalue weighted by Crippen LogP contribution is 2.45. The minimum absolute atomic E-state index is 0.0802. The van der Waals surface area contributed by atoms with Gasteiger partial charge in [0.05, 0.1) is 30.0 Å². The normalized spacial score (nSPS) is 24.3. The number of ketones is 1. The Kier molecular flexibility index (Phi) is 3.52. The fraction of sp³-hybridized carbons (Fsp3) is 0.550. The fourth-order valence-corrected chi connectivity index (χ4v) is 4.38. The van der Waals surface area contributed by atoms with Crippen molar-refractivity contribution in [2.45, 2.75) is 62.8 Å². The Morgan fingerprint density at radius 1 is 1.19 bits per heavy atom. The van der Waals surface area contributed by atoms with Crippen molar-refractivity contribution < 1.29 is 13.6 Å². The highest BCUT2D eigenvalue weighted by atomic mass is 19.3. The zero-order valence-corrected chi connectivity index (χ0v) is 14.5. The molecule has 0 N–H and O–H groups in total. The summed E-state index contributed by atoms with van der Waals surface area (Å²) >= 11 is 0. The summed E-state index contributed by atoms with van der Waals surface area (Å²) in [6.07, 6.45) is 6.46. The molecule has 0 radical (unpaired) electrons. The van der Waals surface area contributed by atoms with Gasteiger partial charge in [0.25, 0.3) is 0 Å². The molecule has 2 fully saturated rings. The summed E-state index contributed by atoms with van der Waals surface area (Å²) in [6, 6.07) is 4.02. The van der Waals surface area contributed by atoms with E-state index in [-0.39, 0.29) is 43.4 Å². The minimum Gasteiger partial charge on any atom is -0.321 e. The molecule has 0 aromatic carbocycles. The standard InChI is InChI=1S/C20H21F2N3O/c21-20(22)7-5-13(6-8-20)18(26)9-16-19-14(17-10-23-11-25(16)17)3-4-15(24-19)12-1-2-12/h3-4,10-13,16H,1-2,5-9H2. The van der Waals surface area contributed by atoms with E-state index in [9.17, 15) is 13.6 Å². The third kappa shape index (κ3) is 2.66. The van der Waals surface area contributed by atoms with Crippen LogP contribution in [-0.2, 0) is 4.79 Å². The number of hydrogen-bond acceptors (Lipinski definition) is 3. The van der Waals surface area contributed by atoms with Gasteiger partial charge in [-0.05, 0) is 37.8 Å². The molecule has 136 valence electrons. The van der Waals surface area contributed by atoms with E-state index in [1.807, 2.05) is 10.8 Å². The number of aromatic nitrogens is 3. The Hall–Kier alpha value is -2.11. The summed E-state index contributed by atoms with van der Waals surface area (Å²) < 4.78 is 28.8. The maximum absolute atomic E-state index is 13.4. The van der Waals surface area contributed by atoms with Gasteiger partial charge in [0.15, 0.2) is 0 Å². The lowest BCUT2D eigenvalue weighted by Crippen LogP contribution is -2.29. The summed E-state index contributed by atoms with van der Waals surface area (Å²) in [5.74, 6) is -2.22. The molecule has 3 aliphatic rings. The number of halogens is 2. The van der Waals surface area contributed by atoms with Crippen LogP contribution in [0.3, 0.4) is 0 Å². The Bertz CT molecular complexity index is 862. The first-order valence-corrected chi connectivity index (χ1v) is 9.45. The zero-order chi connectivity index (χ0) is 17.9. The van der Waals surface area contributed by atoms with Crippen LogP contribution >= 0.6 is 0 Å². The lowest BCUT2D eigenvalue weighted by atomic mass is 9.82. The van der Waals surface area contributed by atoms with Crippen LogP contribution in [0.4, 0.5) is 8.78 Å². The predicted molar refractivity (Wildman–Crippen MR) is 92.1 cm³/mol. The number of imidazole rings is 1. The van der Waals surface area contributed by atoms with Gasteiger partial charge in [-0.1, -0.05) is 0 Å². The van der Waals surface area contributed by atoms with Crippen LogP contribution in [0.5, 0.6) is 0 Å². The molecule has 1 unspecified atom stereocenters. The molecule has 0 spiro atoms. The first-order valence-electron chi connectivity index (χ1n) is 9.45. The number of nitrogens with zero attached hydrogens (tertiary/aromatic N) is 3. The number of carbonyl (C=O) groups excluding carboxylic acids is 1. The van der Waals surface area contributed by atoms with Crippen molar-refractivity contribution in [3.63, 3.8) is 0 Å². The van der Waals surface area contributed by atoms with Gasteiger partial charge in [0.2, 0.25) is 5.92 Å². The summed E-state index contributed by atoms with van der Waals surface area (Å²) in [5.41, 5.74) is 4.08. The van der Waals surface area contributed by atoms with Gasteiger partial charge in [-0.3, -0.25) is 9.78 Å². The summed E-state index contributed by atoms with van der Waals surface area (Å²) in [5, 5.41) is 0. The molecule has 26 heavy (non-hydrogen) atoms. The second kappa shape index (κ2) is 5.69.